The molecule has 1 aromatic heterocycles. The summed E-state index contributed by atoms with van der Waals surface area (Å²) in [7, 11) is 0. The molecule has 3 nitrogen and oxygen atoms in total. The van der Waals surface area contributed by atoms with Crippen molar-refractivity contribution in [3.63, 3.8) is 0 Å². The van der Waals surface area contributed by atoms with Gasteiger partial charge in [-0.1, -0.05) is 0 Å². The molecule has 0 bridgehead atoms. The summed E-state index contributed by atoms with van der Waals surface area (Å²) in [6.45, 7) is 2.14. The summed E-state index contributed by atoms with van der Waals surface area (Å²) in [5, 5.41) is 6.96. The minimum atomic E-state index is 0.872. The quantitative estimate of drug-likeness (QED) is 0.843. The second-order valence-corrected chi connectivity index (χ2v) is 6.11. The van der Waals surface area contributed by atoms with E-state index >= 15 is 0 Å². The van der Waals surface area contributed by atoms with Crippen LogP contribution in [0.25, 0.3) is 0 Å². The molecule has 0 atom stereocenters. The van der Waals surface area contributed by atoms with Crippen molar-refractivity contribution in [2.24, 2.45) is 11.8 Å². The fourth-order valence-electron chi connectivity index (χ4n) is 1.85. The van der Waals surface area contributed by atoms with Crippen molar-refractivity contribution in [2.75, 3.05) is 23.7 Å². The zero-order chi connectivity index (χ0) is 11.7. The lowest BCUT2D eigenvalue weighted by Crippen LogP contribution is -2.10. The normalized spacial score (nSPS) is 19.1. The number of aromatic nitrogens is 1. The average molecular weight is 296 g/mol. The number of anilines is 2. The molecular formula is C13H18BrN3. The number of nitrogens with zero attached hydrogens (tertiary/aromatic N) is 1. The lowest BCUT2D eigenvalue weighted by atomic mass is 10.3. The first kappa shape index (κ1) is 11.3. The molecule has 2 aliphatic carbocycles. The van der Waals surface area contributed by atoms with Gasteiger partial charge < -0.3 is 10.6 Å². The van der Waals surface area contributed by atoms with Crippen molar-refractivity contribution in [3.8, 4) is 0 Å². The minimum Gasteiger partial charge on any atom is -0.382 e. The van der Waals surface area contributed by atoms with Gasteiger partial charge in [0.15, 0.2) is 0 Å². The number of hydrogen-bond donors (Lipinski definition) is 2. The zero-order valence-electron chi connectivity index (χ0n) is 9.88. The van der Waals surface area contributed by atoms with Crippen molar-refractivity contribution >= 4 is 27.4 Å². The summed E-state index contributed by atoms with van der Waals surface area (Å²) >= 11 is 3.48. The summed E-state index contributed by atoms with van der Waals surface area (Å²) < 4.78 is 1.03. The van der Waals surface area contributed by atoms with Crippen LogP contribution in [0, 0.1) is 11.8 Å². The van der Waals surface area contributed by atoms with Crippen LogP contribution in [0.1, 0.15) is 25.7 Å². The van der Waals surface area contributed by atoms with Crippen LogP contribution in [0.15, 0.2) is 16.7 Å². The van der Waals surface area contributed by atoms with Crippen LogP contribution >= 0.6 is 15.9 Å². The van der Waals surface area contributed by atoms with E-state index in [2.05, 4.69) is 37.6 Å². The highest BCUT2D eigenvalue weighted by atomic mass is 79.9. The Balaban J connectivity index is 1.64. The highest BCUT2D eigenvalue weighted by Gasteiger charge is 2.23. The topological polar surface area (TPSA) is 37.0 Å². The van der Waals surface area contributed by atoms with Gasteiger partial charge in [0.1, 0.15) is 5.82 Å². The van der Waals surface area contributed by atoms with Crippen LogP contribution in [-0.2, 0) is 0 Å². The van der Waals surface area contributed by atoms with E-state index in [1.54, 1.807) is 0 Å². The van der Waals surface area contributed by atoms with E-state index in [-0.39, 0.29) is 0 Å². The van der Waals surface area contributed by atoms with Crippen molar-refractivity contribution in [3.05, 3.63) is 16.7 Å². The third-order valence-corrected chi connectivity index (χ3v) is 3.82. The highest BCUT2D eigenvalue weighted by Crippen LogP contribution is 2.32. The number of halogens is 1. The predicted molar refractivity (Wildman–Crippen MR) is 74.4 cm³/mol. The third-order valence-electron chi connectivity index (χ3n) is 3.39. The lowest BCUT2D eigenvalue weighted by Gasteiger charge is -2.12. The molecule has 0 aliphatic heterocycles. The largest absolute Gasteiger partial charge is 0.382 e. The van der Waals surface area contributed by atoms with Gasteiger partial charge in [0.05, 0.1) is 5.69 Å². The molecule has 2 aliphatic rings. The molecule has 0 saturated heterocycles. The van der Waals surface area contributed by atoms with Crippen LogP contribution in [-0.4, -0.2) is 18.1 Å². The highest BCUT2D eigenvalue weighted by molar-refractivity contribution is 9.10. The molecule has 2 N–H and O–H groups in total. The first-order valence-electron chi connectivity index (χ1n) is 6.44. The Morgan fingerprint density at radius 3 is 2.41 bits per heavy atom. The standard InChI is InChI=1S/C13H18BrN3/c14-11-5-12(15-6-9-1-2-9)13(17-8-11)16-7-10-3-4-10/h5,8-10,15H,1-4,6-7H2,(H,16,17). The molecule has 17 heavy (non-hydrogen) atoms. The average Bonchev–Trinajstić information content (AvgIpc) is 3.18. The molecule has 2 saturated carbocycles. The molecule has 92 valence electrons. The van der Waals surface area contributed by atoms with E-state index in [4.69, 9.17) is 0 Å². The van der Waals surface area contributed by atoms with Crippen molar-refractivity contribution in [2.45, 2.75) is 25.7 Å². The monoisotopic (exact) mass is 295 g/mol. The molecule has 0 unspecified atom stereocenters. The van der Waals surface area contributed by atoms with Crippen LogP contribution in [0.5, 0.6) is 0 Å². The molecule has 0 amide bonds. The van der Waals surface area contributed by atoms with E-state index in [1.165, 1.54) is 25.7 Å². The van der Waals surface area contributed by atoms with Gasteiger partial charge in [-0.15, -0.1) is 0 Å². The summed E-state index contributed by atoms with van der Waals surface area (Å²) in [5.74, 6) is 2.75. The van der Waals surface area contributed by atoms with Crippen molar-refractivity contribution in [1.29, 1.82) is 0 Å². The van der Waals surface area contributed by atoms with E-state index in [9.17, 15) is 0 Å². The first-order chi connectivity index (χ1) is 8.31. The summed E-state index contributed by atoms with van der Waals surface area (Å²) in [5.41, 5.74) is 1.13. The number of hydrogen-bond acceptors (Lipinski definition) is 3. The molecule has 0 spiro atoms. The molecule has 4 heteroatoms. The van der Waals surface area contributed by atoms with Gasteiger partial charge in [0, 0.05) is 23.8 Å². The molecule has 0 radical (unpaired) electrons. The van der Waals surface area contributed by atoms with E-state index < -0.39 is 0 Å². The zero-order valence-corrected chi connectivity index (χ0v) is 11.5. The Morgan fingerprint density at radius 1 is 1.12 bits per heavy atom. The first-order valence-corrected chi connectivity index (χ1v) is 7.24. The Bertz CT molecular complexity index is 400. The van der Waals surface area contributed by atoms with Crippen molar-refractivity contribution < 1.29 is 0 Å². The Kier molecular flexibility index (Phi) is 3.23. The van der Waals surface area contributed by atoms with E-state index in [0.29, 0.717) is 0 Å². The fourth-order valence-corrected chi connectivity index (χ4v) is 2.19. The van der Waals surface area contributed by atoms with Crippen LogP contribution in [0.2, 0.25) is 0 Å². The maximum absolute atomic E-state index is 4.46. The molecule has 1 aromatic rings. The summed E-state index contributed by atoms with van der Waals surface area (Å²) in [6, 6.07) is 2.12. The summed E-state index contributed by atoms with van der Waals surface area (Å²) in [6.07, 6.45) is 7.35. The van der Waals surface area contributed by atoms with Gasteiger partial charge in [0.25, 0.3) is 0 Å². The second kappa shape index (κ2) is 4.84. The molecule has 1 heterocycles. The molecule has 3 rings (SSSR count). The van der Waals surface area contributed by atoms with Crippen LogP contribution in [0.4, 0.5) is 11.5 Å². The lowest BCUT2D eigenvalue weighted by molar-refractivity contribution is 0.873. The van der Waals surface area contributed by atoms with Gasteiger partial charge in [-0.05, 0) is 59.5 Å². The Hall–Kier alpha value is -0.770. The minimum absolute atomic E-state index is 0.872. The maximum atomic E-state index is 4.46. The van der Waals surface area contributed by atoms with Gasteiger partial charge in [-0.3, -0.25) is 0 Å². The number of nitrogens with one attached hydrogen (secondary N) is 2. The Morgan fingerprint density at radius 2 is 1.76 bits per heavy atom. The van der Waals surface area contributed by atoms with Gasteiger partial charge in [0.2, 0.25) is 0 Å². The van der Waals surface area contributed by atoms with Crippen LogP contribution < -0.4 is 10.6 Å². The predicted octanol–water partition coefficient (Wildman–Crippen LogP) is 3.49. The molecule has 2 fully saturated rings. The maximum Gasteiger partial charge on any atom is 0.149 e. The van der Waals surface area contributed by atoms with Crippen LogP contribution in [0.3, 0.4) is 0 Å². The number of pyridine rings is 1. The second-order valence-electron chi connectivity index (χ2n) is 5.20. The fraction of sp³-hybridized carbons (Fsp3) is 0.615. The van der Waals surface area contributed by atoms with Gasteiger partial charge in [-0.25, -0.2) is 4.98 Å². The van der Waals surface area contributed by atoms with E-state index in [0.717, 1.165) is 40.9 Å². The smallest absolute Gasteiger partial charge is 0.149 e. The number of rotatable bonds is 6. The molecule has 0 aromatic carbocycles. The third kappa shape index (κ3) is 3.35. The van der Waals surface area contributed by atoms with Gasteiger partial charge >= 0.3 is 0 Å². The SMILES string of the molecule is Brc1cnc(NCC2CC2)c(NCC2CC2)c1. The molecular weight excluding hydrogens is 278 g/mol. The Labute approximate surface area is 111 Å². The van der Waals surface area contributed by atoms with E-state index in [1.807, 2.05) is 6.20 Å². The summed E-state index contributed by atoms with van der Waals surface area (Å²) in [4.78, 5) is 4.46. The van der Waals surface area contributed by atoms with Gasteiger partial charge in [-0.2, -0.15) is 0 Å². The van der Waals surface area contributed by atoms with Crippen molar-refractivity contribution in [1.82, 2.24) is 4.98 Å².